The summed E-state index contributed by atoms with van der Waals surface area (Å²) in [6.07, 6.45) is 0. The first-order valence-electron chi connectivity index (χ1n) is 8.03. The quantitative estimate of drug-likeness (QED) is 0.716. The zero-order valence-corrected chi connectivity index (χ0v) is 16.3. The van der Waals surface area contributed by atoms with Crippen LogP contribution in [0.1, 0.15) is 21.5 Å². The Morgan fingerprint density at radius 1 is 1.04 bits per heavy atom. The van der Waals surface area contributed by atoms with E-state index >= 15 is 0 Å². The van der Waals surface area contributed by atoms with Gasteiger partial charge in [-0.1, -0.05) is 41.4 Å². The molecule has 142 valence electrons. The maximum absolute atomic E-state index is 12.0. The van der Waals surface area contributed by atoms with Gasteiger partial charge in [-0.15, -0.1) is 0 Å². The number of anilines is 1. The van der Waals surface area contributed by atoms with E-state index in [1.165, 1.54) is 18.2 Å². The van der Waals surface area contributed by atoms with Crippen LogP contribution >= 0.6 is 23.2 Å². The lowest BCUT2D eigenvalue weighted by atomic mass is 10.1. The molecule has 0 bridgehead atoms. The molecule has 0 saturated carbocycles. The van der Waals surface area contributed by atoms with Gasteiger partial charge in [0.25, 0.3) is 11.8 Å². The lowest BCUT2D eigenvalue weighted by Crippen LogP contribution is -2.32. The highest BCUT2D eigenvalue weighted by atomic mass is 35.5. The molecule has 0 spiro atoms. The van der Waals surface area contributed by atoms with Crippen LogP contribution in [0.25, 0.3) is 0 Å². The lowest BCUT2D eigenvalue weighted by Gasteiger charge is -2.12. The molecule has 27 heavy (non-hydrogen) atoms. The predicted octanol–water partition coefficient (Wildman–Crippen LogP) is 3.52. The molecule has 0 heterocycles. The van der Waals surface area contributed by atoms with Gasteiger partial charge in [0.05, 0.1) is 10.6 Å². The summed E-state index contributed by atoms with van der Waals surface area (Å²) in [5, 5.41) is 5.64. The number of nitrogens with one attached hydrogen (secondary N) is 2. The average Bonchev–Trinajstić information content (AvgIpc) is 2.61. The fourth-order valence-corrected chi connectivity index (χ4v) is 2.80. The van der Waals surface area contributed by atoms with E-state index in [2.05, 4.69) is 10.6 Å². The van der Waals surface area contributed by atoms with Gasteiger partial charge in [0.1, 0.15) is 6.54 Å². The molecule has 0 unspecified atom stereocenters. The number of halogens is 2. The van der Waals surface area contributed by atoms with Gasteiger partial charge in [-0.3, -0.25) is 14.4 Å². The molecule has 8 heteroatoms. The Labute approximate surface area is 166 Å². The van der Waals surface area contributed by atoms with Gasteiger partial charge >= 0.3 is 5.97 Å². The number of rotatable bonds is 6. The molecule has 2 amide bonds. The van der Waals surface area contributed by atoms with Crippen LogP contribution in [-0.2, 0) is 14.3 Å². The highest BCUT2D eigenvalue weighted by Gasteiger charge is 2.14. The van der Waals surface area contributed by atoms with Crippen molar-refractivity contribution >= 4 is 46.7 Å². The second-order valence-corrected chi connectivity index (χ2v) is 6.63. The van der Waals surface area contributed by atoms with Crippen LogP contribution in [-0.4, -0.2) is 30.9 Å². The summed E-state index contributed by atoms with van der Waals surface area (Å²) in [5.41, 5.74) is 2.68. The monoisotopic (exact) mass is 408 g/mol. The highest BCUT2D eigenvalue weighted by Crippen LogP contribution is 2.21. The van der Waals surface area contributed by atoms with Crippen molar-refractivity contribution in [3.8, 4) is 0 Å². The number of benzene rings is 2. The molecule has 2 N–H and O–H groups in total. The van der Waals surface area contributed by atoms with E-state index in [1.54, 1.807) is 0 Å². The van der Waals surface area contributed by atoms with E-state index in [4.69, 9.17) is 27.9 Å². The van der Waals surface area contributed by atoms with Crippen molar-refractivity contribution in [2.75, 3.05) is 18.5 Å². The second-order valence-electron chi connectivity index (χ2n) is 5.78. The molecule has 2 rings (SSSR count). The lowest BCUT2D eigenvalue weighted by molar-refractivity contribution is -0.146. The van der Waals surface area contributed by atoms with Crippen LogP contribution in [0.15, 0.2) is 36.4 Å². The molecule has 0 saturated heterocycles. The van der Waals surface area contributed by atoms with Gasteiger partial charge in [-0.25, -0.2) is 0 Å². The minimum absolute atomic E-state index is 0.168. The first kappa shape index (κ1) is 20.7. The van der Waals surface area contributed by atoms with E-state index in [1.807, 2.05) is 32.0 Å². The smallest absolute Gasteiger partial charge is 0.325 e. The molecule has 0 fully saturated rings. The SMILES string of the molecule is Cc1cccc(C)c1NC(=O)COC(=O)CNC(=O)c1ccc(Cl)cc1Cl. The summed E-state index contributed by atoms with van der Waals surface area (Å²) in [7, 11) is 0. The second kappa shape index (κ2) is 9.39. The van der Waals surface area contributed by atoms with Gasteiger partial charge in [-0.05, 0) is 43.2 Å². The number of carbonyl (C=O) groups excluding carboxylic acids is 3. The number of para-hydroxylation sites is 1. The number of hydrogen-bond acceptors (Lipinski definition) is 4. The van der Waals surface area contributed by atoms with E-state index in [9.17, 15) is 14.4 Å². The van der Waals surface area contributed by atoms with Gasteiger partial charge < -0.3 is 15.4 Å². The molecule has 2 aromatic carbocycles. The fraction of sp³-hybridized carbons (Fsp3) is 0.211. The van der Waals surface area contributed by atoms with Crippen LogP contribution in [0.4, 0.5) is 5.69 Å². The van der Waals surface area contributed by atoms with Gasteiger partial charge in [0, 0.05) is 10.7 Å². The fourth-order valence-electron chi connectivity index (χ4n) is 2.31. The number of aryl methyl sites for hydroxylation is 2. The molecule has 0 radical (unpaired) electrons. The number of esters is 1. The van der Waals surface area contributed by atoms with Crippen molar-refractivity contribution < 1.29 is 19.1 Å². The zero-order valence-electron chi connectivity index (χ0n) is 14.8. The van der Waals surface area contributed by atoms with Crippen molar-refractivity contribution in [1.82, 2.24) is 5.32 Å². The van der Waals surface area contributed by atoms with Crippen molar-refractivity contribution in [3.05, 3.63) is 63.1 Å². The van der Waals surface area contributed by atoms with Crippen molar-refractivity contribution in [2.24, 2.45) is 0 Å². The van der Waals surface area contributed by atoms with Crippen LogP contribution in [0.3, 0.4) is 0 Å². The Kier molecular flexibility index (Phi) is 7.21. The van der Waals surface area contributed by atoms with E-state index < -0.39 is 30.9 Å². The first-order valence-corrected chi connectivity index (χ1v) is 8.78. The van der Waals surface area contributed by atoms with Crippen LogP contribution in [0.2, 0.25) is 10.0 Å². The maximum Gasteiger partial charge on any atom is 0.325 e. The molecule has 2 aromatic rings. The number of carbonyl (C=O) groups is 3. The molecule has 6 nitrogen and oxygen atoms in total. The van der Waals surface area contributed by atoms with Crippen molar-refractivity contribution in [3.63, 3.8) is 0 Å². The van der Waals surface area contributed by atoms with Gasteiger partial charge in [-0.2, -0.15) is 0 Å². The summed E-state index contributed by atoms with van der Waals surface area (Å²) in [6.45, 7) is 2.89. The Hall–Kier alpha value is -2.57. The summed E-state index contributed by atoms with van der Waals surface area (Å²) in [4.78, 5) is 35.7. The Morgan fingerprint density at radius 3 is 2.33 bits per heavy atom. The minimum Gasteiger partial charge on any atom is -0.454 e. The van der Waals surface area contributed by atoms with Crippen molar-refractivity contribution in [2.45, 2.75) is 13.8 Å². The molecular weight excluding hydrogens is 391 g/mol. The van der Waals surface area contributed by atoms with Crippen LogP contribution in [0.5, 0.6) is 0 Å². The van der Waals surface area contributed by atoms with Crippen molar-refractivity contribution in [1.29, 1.82) is 0 Å². The van der Waals surface area contributed by atoms with E-state index in [0.717, 1.165) is 11.1 Å². The predicted molar refractivity (Wildman–Crippen MR) is 104 cm³/mol. The standard InChI is InChI=1S/C19H18Cl2N2O4/c1-11-4-3-5-12(2)18(11)23-16(24)10-27-17(25)9-22-19(26)14-7-6-13(20)8-15(14)21/h3-8H,9-10H2,1-2H3,(H,22,26)(H,23,24). The molecule has 0 aromatic heterocycles. The topological polar surface area (TPSA) is 84.5 Å². The normalized spacial score (nSPS) is 10.2. The molecule has 0 aliphatic carbocycles. The summed E-state index contributed by atoms with van der Waals surface area (Å²) in [6, 6.07) is 10.0. The largest absolute Gasteiger partial charge is 0.454 e. The van der Waals surface area contributed by atoms with E-state index in [0.29, 0.717) is 10.7 Å². The Morgan fingerprint density at radius 2 is 1.70 bits per heavy atom. The zero-order chi connectivity index (χ0) is 20.0. The van der Waals surface area contributed by atoms with E-state index in [-0.39, 0.29) is 10.6 Å². The third-order valence-corrected chi connectivity index (χ3v) is 4.23. The third-order valence-electron chi connectivity index (χ3n) is 3.68. The third kappa shape index (κ3) is 5.98. The van der Waals surface area contributed by atoms with Crippen LogP contribution in [0, 0.1) is 13.8 Å². The minimum atomic E-state index is -0.745. The Bertz CT molecular complexity index is 864. The average molecular weight is 409 g/mol. The molecular formula is C19H18Cl2N2O4. The molecule has 0 aliphatic rings. The van der Waals surface area contributed by atoms with Crippen LogP contribution < -0.4 is 10.6 Å². The molecule has 0 aliphatic heterocycles. The number of hydrogen-bond donors (Lipinski definition) is 2. The Balaban J connectivity index is 1.80. The maximum atomic E-state index is 12.0. The van der Waals surface area contributed by atoms with Gasteiger partial charge in [0.2, 0.25) is 0 Å². The molecule has 0 atom stereocenters. The van der Waals surface area contributed by atoms with Gasteiger partial charge in [0.15, 0.2) is 6.61 Å². The number of amides is 2. The first-order chi connectivity index (χ1) is 12.8. The summed E-state index contributed by atoms with van der Waals surface area (Å²) < 4.78 is 4.87. The summed E-state index contributed by atoms with van der Waals surface area (Å²) in [5.74, 6) is -1.76. The highest BCUT2D eigenvalue weighted by molar-refractivity contribution is 6.36. The summed E-state index contributed by atoms with van der Waals surface area (Å²) >= 11 is 11.7. The number of ether oxygens (including phenoxy) is 1.